The van der Waals surface area contributed by atoms with E-state index in [1.165, 1.54) is 36.4 Å². The van der Waals surface area contributed by atoms with Crippen LogP contribution in [0, 0.1) is 13.8 Å². The molecule has 0 saturated carbocycles. The van der Waals surface area contributed by atoms with Crippen LogP contribution in [-0.2, 0) is 0 Å². The van der Waals surface area contributed by atoms with Gasteiger partial charge in [-0.1, -0.05) is 23.8 Å². The summed E-state index contributed by atoms with van der Waals surface area (Å²) in [6.45, 7) is 3.86. The predicted molar refractivity (Wildman–Crippen MR) is 148 cm³/mol. The molecule has 0 fully saturated rings. The number of nitrogens with zero attached hydrogens (tertiary/aromatic N) is 2. The van der Waals surface area contributed by atoms with Gasteiger partial charge in [0.25, 0.3) is 23.6 Å². The Kier molecular flexibility index (Phi) is 4.87. The molecule has 0 unspecified atom stereocenters. The molecule has 4 amide bonds. The van der Waals surface area contributed by atoms with Gasteiger partial charge in [0, 0.05) is 21.9 Å². The Hall–Kier alpha value is -5.50. The van der Waals surface area contributed by atoms with Gasteiger partial charge < -0.3 is 0 Å². The van der Waals surface area contributed by atoms with Crippen LogP contribution in [0.25, 0.3) is 21.8 Å². The molecule has 0 spiro atoms. The van der Waals surface area contributed by atoms with Gasteiger partial charge >= 0.3 is 0 Å². The van der Waals surface area contributed by atoms with Crippen LogP contribution in [0.2, 0.25) is 0 Å². The van der Waals surface area contributed by atoms with Crippen molar-refractivity contribution in [1.29, 1.82) is 0 Å². The molecule has 7 rings (SSSR count). The molecule has 0 atom stereocenters. The number of pyridine rings is 1. The van der Waals surface area contributed by atoms with Gasteiger partial charge in [0.2, 0.25) is 0 Å². The molecule has 0 bridgehead atoms. The second kappa shape index (κ2) is 8.25. The number of aromatic nitrogens is 1. The predicted octanol–water partition coefficient (Wildman–Crippen LogP) is 4.92. The molecule has 5 aromatic rings. The lowest BCUT2D eigenvalue weighted by molar-refractivity contribution is 0.0874. The summed E-state index contributed by atoms with van der Waals surface area (Å²) in [5.74, 6) is -2.53. The minimum absolute atomic E-state index is 0.117. The molecule has 192 valence electrons. The topological polar surface area (TPSA) is 114 Å². The van der Waals surface area contributed by atoms with Crippen molar-refractivity contribution in [2.24, 2.45) is 0 Å². The minimum Gasteiger partial charge on any atom is -0.289 e. The number of nitrogens with one attached hydrogen (secondary N) is 1. The summed E-state index contributed by atoms with van der Waals surface area (Å²) < 4.78 is 0. The molecule has 2 aliphatic rings. The molecule has 3 heterocycles. The van der Waals surface area contributed by atoms with E-state index in [-0.39, 0.29) is 33.4 Å². The van der Waals surface area contributed by atoms with Gasteiger partial charge in [-0.05, 0) is 74.0 Å². The molecule has 4 aromatic carbocycles. The van der Waals surface area contributed by atoms with E-state index in [2.05, 4.69) is 11.4 Å². The van der Waals surface area contributed by atoms with Gasteiger partial charge in [-0.3, -0.25) is 29.3 Å². The number of benzene rings is 4. The van der Waals surface area contributed by atoms with E-state index < -0.39 is 29.4 Å². The quantitative estimate of drug-likeness (QED) is 0.203. The highest BCUT2D eigenvalue weighted by molar-refractivity contribution is 6.35. The Labute approximate surface area is 227 Å². The lowest BCUT2D eigenvalue weighted by atomic mass is 9.96. The van der Waals surface area contributed by atoms with E-state index in [1.807, 2.05) is 38.1 Å². The van der Waals surface area contributed by atoms with E-state index in [4.69, 9.17) is 4.98 Å². The zero-order chi connectivity index (χ0) is 27.9. The van der Waals surface area contributed by atoms with Crippen LogP contribution in [0.15, 0.2) is 72.8 Å². The summed E-state index contributed by atoms with van der Waals surface area (Å²) in [4.78, 5) is 70.0. The fourth-order valence-corrected chi connectivity index (χ4v) is 5.43. The molecule has 1 aromatic heterocycles. The molecular formula is C32H19N3O5. The van der Waals surface area contributed by atoms with Crippen LogP contribution in [0.3, 0.4) is 0 Å². The number of rotatable bonds is 3. The van der Waals surface area contributed by atoms with E-state index in [0.717, 1.165) is 32.3 Å². The Morgan fingerprint density at radius 2 is 1.30 bits per heavy atom. The number of carbonyl (C=O) groups is 5. The van der Waals surface area contributed by atoms with Gasteiger partial charge in [-0.15, -0.1) is 0 Å². The first-order chi connectivity index (χ1) is 19.2. The standard InChI is InChI=1S/C32H19N3O5/c1-15-3-8-25-19(9-15)11-20-10-16(2)27(14-26(20)33-25)35-31(39)22-7-5-18(13-24(22)32(35)40)28(36)17-4-6-21-23(12-17)30(38)34-29(21)37/h3-14H,1-2H3,(H,34,37,38). The first kappa shape index (κ1) is 23.6. The Balaban J connectivity index is 1.26. The molecule has 8 heteroatoms. The zero-order valence-electron chi connectivity index (χ0n) is 21.4. The summed E-state index contributed by atoms with van der Waals surface area (Å²) in [7, 11) is 0. The number of carbonyl (C=O) groups excluding carboxylic acids is 5. The maximum atomic E-state index is 13.6. The summed E-state index contributed by atoms with van der Waals surface area (Å²) in [5, 5.41) is 4.10. The maximum Gasteiger partial charge on any atom is 0.266 e. The van der Waals surface area contributed by atoms with Crippen molar-refractivity contribution in [3.05, 3.63) is 117 Å². The lowest BCUT2D eigenvalue weighted by Crippen LogP contribution is -2.30. The fourth-order valence-electron chi connectivity index (χ4n) is 5.43. The van der Waals surface area contributed by atoms with Crippen molar-refractivity contribution in [3.63, 3.8) is 0 Å². The van der Waals surface area contributed by atoms with E-state index >= 15 is 0 Å². The highest BCUT2D eigenvalue weighted by Gasteiger charge is 2.38. The van der Waals surface area contributed by atoms with Crippen molar-refractivity contribution in [2.45, 2.75) is 13.8 Å². The number of hydrogen-bond donors (Lipinski definition) is 1. The van der Waals surface area contributed by atoms with Gasteiger partial charge in [0.15, 0.2) is 5.78 Å². The fraction of sp³-hybridized carbons (Fsp3) is 0.0625. The molecule has 40 heavy (non-hydrogen) atoms. The minimum atomic E-state index is -0.566. The van der Waals surface area contributed by atoms with Gasteiger partial charge in [-0.2, -0.15) is 0 Å². The molecule has 1 N–H and O–H groups in total. The molecule has 2 aliphatic heterocycles. The monoisotopic (exact) mass is 525 g/mol. The number of anilines is 1. The lowest BCUT2D eigenvalue weighted by Gasteiger charge is -2.17. The van der Waals surface area contributed by atoms with Crippen LogP contribution in [-0.4, -0.2) is 34.4 Å². The third-order valence-corrected chi connectivity index (χ3v) is 7.47. The second-order valence-corrected chi connectivity index (χ2v) is 10.1. The molecular weight excluding hydrogens is 506 g/mol. The third-order valence-electron chi connectivity index (χ3n) is 7.47. The van der Waals surface area contributed by atoms with Gasteiger partial charge in [-0.25, -0.2) is 9.88 Å². The van der Waals surface area contributed by atoms with Gasteiger partial charge in [0.05, 0.1) is 39.0 Å². The Morgan fingerprint density at radius 3 is 2.08 bits per heavy atom. The second-order valence-electron chi connectivity index (χ2n) is 10.1. The summed E-state index contributed by atoms with van der Waals surface area (Å²) in [6, 6.07) is 20.3. The number of amides is 4. The summed E-state index contributed by atoms with van der Waals surface area (Å²) >= 11 is 0. The molecule has 0 aliphatic carbocycles. The average Bonchev–Trinajstić information content (AvgIpc) is 3.37. The zero-order valence-corrected chi connectivity index (χ0v) is 21.4. The number of ketones is 1. The van der Waals surface area contributed by atoms with E-state index in [0.29, 0.717) is 11.2 Å². The number of aryl methyl sites for hydroxylation is 2. The summed E-state index contributed by atoms with van der Waals surface area (Å²) in [6.07, 6.45) is 0. The highest BCUT2D eigenvalue weighted by Crippen LogP contribution is 2.34. The van der Waals surface area contributed by atoms with Crippen LogP contribution in [0.5, 0.6) is 0 Å². The molecule has 8 nitrogen and oxygen atoms in total. The van der Waals surface area contributed by atoms with E-state index in [9.17, 15) is 24.0 Å². The van der Waals surface area contributed by atoms with Crippen LogP contribution >= 0.6 is 0 Å². The molecule has 0 saturated heterocycles. The molecule has 0 radical (unpaired) electrons. The van der Waals surface area contributed by atoms with Crippen LogP contribution in [0.4, 0.5) is 5.69 Å². The average molecular weight is 526 g/mol. The SMILES string of the molecule is Cc1ccc2nc3cc(N4C(=O)c5ccc(C(=O)c6ccc7c(c6)C(=O)NC7=O)cc5C4=O)c(C)cc3cc2c1. The normalized spacial score (nSPS) is 14.2. The van der Waals surface area contributed by atoms with Crippen molar-refractivity contribution >= 4 is 56.9 Å². The summed E-state index contributed by atoms with van der Waals surface area (Å²) in [5.41, 5.74) is 4.78. The number of imide groups is 2. The van der Waals surface area contributed by atoms with Crippen LogP contribution < -0.4 is 10.2 Å². The van der Waals surface area contributed by atoms with Crippen molar-refractivity contribution in [2.75, 3.05) is 4.90 Å². The van der Waals surface area contributed by atoms with Crippen LogP contribution in [0.1, 0.15) is 68.5 Å². The van der Waals surface area contributed by atoms with Crippen molar-refractivity contribution in [1.82, 2.24) is 10.3 Å². The van der Waals surface area contributed by atoms with Gasteiger partial charge in [0.1, 0.15) is 0 Å². The first-order valence-electron chi connectivity index (χ1n) is 12.6. The highest BCUT2D eigenvalue weighted by atomic mass is 16.2. The smallest absolute Gasteiger partial charge is 0.266 e. The number of hydrogen-bond acceptors (Lipinski definition) is 6. The first-order valence-corrected chi connectivity index (χ1v) is 12.6. The van der Waals surface area contributed by atoms with Crippen molar-refractivity contribution in [3.8, 4) is 0 Å². The number of fused-ring (bicyclic) bond motifs is 4. The Bertz CT molecular complexity index is 2060. The Morgan fingerprint density at radius 1 is 0.650 bits per heavy atom. The largest absolute Gasteiger partial charge is 0.289 e. The third kappa shape index (κ3) is 3.39. The van der Waals surface area contributed by atoms with E-state index in [1.54, 1.807) is 6.07 Å². The maximum absolute atomic E-state index is 13.6. The van der Waals surface area contributed by atoms with Crippen molar-refractivity contribution < 1.29 is 24.0 Å².